The van der Waals surface area contributed by atoms with Crippen molar-refractivity contribution in [1.82, 2.24) is 5.17 Å². The van der Waals surface area contributed by atoms with Gasteiger partial charge in [-0.25, -0.2) is 20.1 Å². The van der Waals surface area contributed by atoms with E-state index in [1.165, 1.54) is 0 Å². The van der Waals surface area contributed by atoms with Crippen LogP contribution in [0.4, 0.5) is 0 Å². The molecule has 0 aliphatic carbocycles. The van der Waals surface area contributed by atoms with Gasteiger partial charge in [-0.1, -0.05) is 0 Å². The van der Waals surface area contributed by atoms with E-state index < -0.39 is 22.2 Å². The minimum Gasteiger partial charge on any atom is -0.479 e. The molecule has 0 aromatic rings. The summed E-state index contributed by atoms with van der Waals surface area (Å²) in [5.41, 5.74) is 0. The maximum Gasteiger partial charge on any atom is 0.335 e. The molecule has 0 fully saturated rings. The van der Waals surface area contributed by atoms with Crippen LogP contribution in [0.2, 0.25) is 0 Å². The van der Waals surface area contributed by atoms with Crippen LogP contribution >= 0.6 is 0 Å². The van der Waals surface area contributed by atoms with Crippen LogP contribution in [0.25, 0.3) is 0 Å². The molecule has 0 unspecified atom stereocenters. The zero-order chi connectivity index (χ0) is 8.31. The average Bonchev–Trinajstić information content (AvgIpc) is 1.84. The van der Waals surface area contributed by atoms with E-state index in [0.29, 0.717) is 0 Å². The highest BCUT2D eigenvalue weighted by molar-refractivity contribution is 5.72. The summed E-state index contributed by atoms with van der Waals surface area (Å²) < 4.78 is 0. The Morgan fingerprint density at radius 3 is 2.30 bits per heavy atom. The largest absolute Gasteiger partial charge is 0.479 e. The molecule has 0 aliphatic heterocycles. The monoisotopic (exact) mass is 150 g/mol. The lowest BCUT2D eigenvalue weighted by Crippen LogP contribution is -2.40. The number of hydrogen-bond donors (Lipinski definition) is 2. The summed E-state index contributed by atoms with van der Waals surface area (Å²) >= 11 is 0. The van der Waals surface area contributed by atoms with Gasteiger partial charge in [-0.05, 0) is 6.92 Å². The maximum absolute atomic E-state index is 9.94. The van der Waals surface area contributed by atoms with Crippen molar-refractivity contribution in [3.05, 3.63) is 10.1 Å². The molecule has 7 nitrogen and oxygen atoms in total. The van der Waals surface area contributed by atoms with Crippen LogP contribution in [0.15, 0.2) is 0 Å². The second-order valence-corrected chi connectivity index (χ2v) is 1.57. The molecule has 7 heteroatoms. The highest BCUT2D eigenvalue weighted by Crippen LogP contribution is 1.93. The molecule has 0 heterocycles. The molecule has 0 rings (SSSR count). The lowest BCUT2D eigenvalue weighted by Gasteiger charge is -2.08. The van der Waals surface area contributed by atoms with Crippen molar-refractivity contribution in [3.63, 3.8) is 0 Å². The van der Waals surface area contributed by atoms with Crippen molar-refractivity contribution in [2.75, 3.05) is 0 Å². The highest BCUT2D eigenvalue weighted by Gasteiger charge is 2.26. The van der Waals surface area contributed by atoms with Gasteiger partial charge in [0.25, 0.3) is 0 Å². The van der Waals surface area contributed by atoms with Gasteiger partial charge >= 0.3 is 5.97 Å². The smallest absolute Gasteiger partial charge is 0.335 e. The number of hydrazine groups is 1. The van der Waals surface area contributed by atoms with Crippen molar-refractivity contribution >= 4 is 5.97 Å². The summed E-state index contributed by atoms with van der Waals surface area (Å²) in [6.07, 6.45) is 0. The SMILES string of the molecule is C[C@@H](C(=O)O)N(O)[N+](=O)[O-]. The Kier molecular flexibility index (Phi) is 2.56. The Morgan fingerprint density at radius 2 is 2.20 bits per heavy atom. The van der Waals surface area contributed by atoms with E-state index in [1.807, 2.05) is 0 Å². The van der Waals surface area contributed by atoms with E-state index >= 15 is 0 Å². The number of nitrogens with zero attached hydrogens (tertiary/aromatic N) is 2. The van der Waals surface area contributed by atoms with Crippen LogP contribution in [-0.4, -0.2) is 32.5 Å². The maximum atomic E-state index is 9.94. The lowest BCUT2D eigenvalue weighted by atomic mass is 10.4. The Hall–Kier alpha value is -1.37. The van der Waals surface area contributed by atoms with Crippen molar-refractivity contribution in [2.45, 2.75) is 13.0 Å². The number of carbonyl (C=O) groups is 1. The summed E-state index contributed by atoms with van der Waals surface area (Å²) in [5, 5.41) is 24.4. The predicted molar refractivity (Wildman–Crippen MR) is 27.7 cm³/mol. The second kappa shape index (κ2) is 2.97. The van der Waals surface area contributed by atoms with Crippen LogP contribution in [0, 0.1) is 10.1 Å². The third-order valence-corrected chi connectivity index (χ3v) is 0.871. The zero-order valence-electron chi connectivity index (χ0n) is 5.09. The van der Waals surface area contributed by atoms with Gasteiger partial charge in [-0.2, -0.15) is 0 Å². The third-order valence-electron chi connectivity index (χ3n) is 0.871. The highest BCUT2D eigenvalue weighted by atomic mass is 16.8. The third kappa shape index (κ3) is 1.86. The normalized spacial score (nSPS) is 12.2. The average molecular weight is 150 g/mol. The van der Waals surface area contributed by atoms with Gasteiger partial charge in [-0.3, -0.25) is 0 Å². The van der Waals surface area contributed by atoms with E-state index in [2.05, 4.69) is 0 Å². The van der Waals surface area contributed by atoms with Crippen LogP contribution < -0.4 is 0 Å². The summed E-state index contributed by atoms with van der Waals surface area (Å²) in [6, 6.07) is -1.53. The van der Waals surface area contributed by atoms with Crippen LogP contribution in [0.5, 0.6) is 0 Å². The first-order valence-electron chi connectivity index (χ1n) is 2.32. The van der Waals surface area contributed by atoms with E-state index in [0.717, 1.165) is 6.92 Å². The van der Waals surface area contributed by atoms with Crippen molar-refractivity contribution < 1.29 is 20.1 Å². The van der Waals surface area contributed by atoms with Gasteiger partial charge in [-0.15, -0.1) is 0 Å². The lowest BCUT2D eigenvalue weighted by molar-refractivity contribution is -0.733. The molecule has 0 aromatic carbocycles. The summed E-state index contributed by atoms with van der Waals surface area (Å²) in [5.74, 6) is -1.46. The van der Waals surface area contributed by atoms with Gasteiger partial charge in [0.15, 0.2) is 5.03 Å². The Labute approximate surface area is 55.6 Å². The van der Waals surface area contributed by atoms with Crippen molar-refractivity contribution in [1.29, 1.82) is 0 Å². The summed E-state index contributed by atoms with van der Waals surface area (Å²) in [6.45, 7) is 0.991. The number of hydroxylamine groups is 1. The Balaban J connectivity index is 4.07. The first-order valence-corrected chi connectivity index (χ1v) is 2.32. The molecule has 0 amide bonds. The van der Waals surface area contributed by atoms with Crippen molar-refractivity contribution in [2.24, 2.45) is 0 Å². The molecule has 0 radical (unpaired) electrons. The number of nitro groups is 1. The molecule has 10 heavy (non-hydrogen) atoms. The van der Waals surface area contributed by atoms with E-state index in [1.54, 1.807) is 0 Å². The molecule has 0 aliphatic rings. The van der Waals surface area contributed by atoms with Gasteiger partial charge < -0.3 is 5.11 Å². The van der Waals surface area contributed by atoms with Gasteiger partial charge in [0.1, 0.15) is 0 Å². The second-order valence-electron chi connectivity index (χ2n) is 1.57. The molecule has 0 saturated carbocycles. The fourth-order valence-electron chi connectivity index (χ4n) is 0.240. The van der Waals surface area contributed by atoms with Crippen LogP contribution in [0.3, 0.4) is 0 Å². The van der Waals surface area contributed by atoms with E-state index in [-0.39, 0.29) is 0 Å². The van der Waals surface area contributed by atoms with Gasteiger partial charge in [0.05, 0.1) is 0 Å². The zero-order valence-corrected chi connectivity index (χ0v) is 5.09. The fraction of sp³-hybridized carbons (Fsp3) is 0.667. The first-order chi connectivity index (χ1) is 4.46. The number of rotatable bonds is 3. The van der Waals surface area contributed by atoms with E-state index in [4.69, 9.17) is 10.3 Å². The number of carboxylic acids is 1. The van der Waals surface area contributed by atoms with E-state index in [9.17, 15) is 14.9 Å². The summed E-state index contributed by atoms with van der Waals surface area (Å²) in [7, 11) is 0. The van der Waals surface area contributed by atoms with Gasteiger partial charge in [0.2, 0.25) is 6.04 Å². The van der Waals surface area contributed by atoms with Gasteiger partial charge in [0, 0.05) is 5.17 Å². The molecule has 2 N–H and O–H groups in total. The molecule has 58 valence electrons. The predicted octanol–water partition coefficient (Wildman–Crippen LogP) is -0.658. The molecule has 0 saturated heterocycles. The first kappa shape index (κ1) is 8.63. The van der Waals surface area contributed by atoms with Crippen molar-refractivity contribution in [3.8, 4) is 0 Å². The summed E-state index contributed by atoms with van der Waals surface area (Å²) in [4.78, 5) is 19.6. The Morgan fingerprint density at radius 1 is 1.80 bits per heavy atom. The minimum atomic E-state index is -1.53. The number of carboxylic acid groups (broad SMARTS) is 1. The number of hydrogen-bond acceptors (Lipinski definition) is 4. The standard InChI is InChI=1S/C3H6N2O5/c1-2(3(6)7)4(8)5(9)10/h2,8H,1H3,(H,6,7)/t2-/m0/s1. The number of aliphatic carboxylic acids is 1. The van der Waals surface area contributed by atoms with Crippen LogP contribution in [0.1, 0.15) is 6.92 Å². The quantitative estimate of drug-likeness (QED) is 0.409. The molecular formula is C3H6N2O5. The fourth-order valence-corrected chi connectivity index (χ4v) is 0.240. The molecule has 0 spiro atoms. The minimum absolute atomic E-state index is 0.470. The molecule has 1 atom stereocenters. The Bertz CT molecular complexity index is 139. The molecule has 0 bridgehead atoms. The molecular weight excluding hydrogens is 144 g/mol. The topological polar surface area (TPSA) is 104 Å². The molecule has 0 aromatic heterocycles. The van der Waals surface area contributed by atoms with Crippen LogP contribution in [-0.2, 0) is 4.79 Å².